The molecule has 1 aromatic carbocycles. The first kappa shape index (κ1) is 13.0. The molecule has 1 aromatic rings. The van der Waals surface area contributed by atoms with Crippen LogP contribution in [-0.4, -0.2) is 25.9 Å². The molecule has 0 aromatic heterocycles. The van der Waals surface area contributed by atoms with Crippen LogP contribution in [0.5, 0.6) is 5.75 Å². The van der Waals surface area contributed by atoms with E-state index < -0.39 is 0 Å². The van der Waals surface area contributed by atoms with Crippen LogP contribution in [0.3, 0.4) is 0 Å². The van der Waals surface area contributed by atoms with Crippen LogP contribution >= 0.6 is 0 Å². The second-order valence-corrected chi connectivity index (χ2v) is 3.87. The van der Waals surface area contributed by atoms with Gasteiger partial charge in [0.2, 0.25) is 0 Å². The average molecular weight is 223 g/mol. The lowest BCUT2D eigenvalue weighted by atomic mass is 10.1. The van der Waals surface area contributed by atoms with Crippen molar-refractivity contribution in [1.29, 1.82) is 0 Å². The maximum atomic E-state index is 5.73. The fourth-order valence-electron chi connectivity index (χ4n) is 1.46. The second kappa shape index (κ2) is 7.25. The molecule has 3 heteroatoms. The summed E-state index contributed by atoms with van der Waals surface area (Å²) < 4.78 is 10.7. The molecule has 90 valence electrons. The maximum Gasteiger partial charge on any atom is 0.119 e. The van der Waals surface area contributed by atoms with Gasteiger partial charge in [-0.25, -0.2) is 0 Å². The normalized spacial score (nSPS) is 12.4. The predicted octanol–water partition coefficient (Wildman–Crippen LogP) is 1.99. The summed E-state index contributed by atoms with van der Waals surface area (Å²) in [6, 6.07) is 8.26. The van der Waals surface area contributed by atoms with E-state index >= 15 is 0 Å². The molecule has 0 aliphatic rings. The van der Waals surface area contributed by atoms with Gasteiger partial charge in [0.15, 0.2) is 0 Å². The van der Waals surface area contributed by atoms with Crippen LogP contribution in [0.2, 0.25) is 0 Å². The topological polar surface area (TPSA) is 44.5 Å². The number of benzene rings is 1. The lowest BCUT2D eigenvalue weighted by molar-refractivity contribution is 0.110. The van der Waals surface area contributed by atoms with E-state index in [9.17, 15) is 0 Å². The molecule has 0 saturated heterocycles. The fraction of sp³-hybridized carbons (Fsp3) is 0.538. The lowest BCUT2D eigenvalue weighted by Crippen LogP contribution is -2.17. The molecular formula is C13H21NO2. The monoisotopic (exact) mass is 223 g/mol. The Morgan fingerprint density at radius 2 is 1.88 bits per heavy atom. The van der Waals surface area contributed by atoms with Crippen molar-refractivity contribution in [3.05, 3.63) is 29.8 Å². The van der Waals surface area contributed by atoms with E-state index in [0.717, 1.165) is 18.8 Å². The van der Waals surface area contributed by atoms with Crippen LogP contribution in [-0.2, 0) is 11.2 Å². The number of hydrogen-bond donors (Lipinski definition) is 1. The summed E-state index contributed by atoms with van der Waals surface area (Å²) in [5.74, 6) is 0.883. The minimum Gasteiger partial charge on any atom is -0.491 e. The van der Waals surface area contributed by atoms with Crippen molar-refractivity contribution >= 4 is 0 Å². The van der Waals surface area contributed by atoms with Crippen LogP contribution < -0.4 is 10.5 Å². The Balaban J connectivity index is 2.33. The standard InChI is InChI=1S/C13H21NO2/c1-3-15-8-9-16-13-6-4-12(5-7-13)10-11(2)14/h4-7,11H,3,8-10,14H2,1-2H3. The predicted molar refractivity (Wildman–Crippen MR) is 65.8 cm³/mol. The number of nitrogens with two attached hydrogens (primary N) is 1. The first-order valence-electron chi connectivity index (χ1n) is 5.77. The van der Waals surface area contributed by atoms with Crippen molar-refractivity contribution in [1.82, 2.24) is 0 Å². The summed E-state index contributed by atoms with van der Waals surface area (Å²) >= 11 is 0. The van der Waals surface area contributed by atoms with Crippen molar-refractivity contribution in [2.75, 3.05) is 19.8 Å². The highest BCUT2D eigenvalue weighted by Crippen LogP contribution is 2.12. The van der Waals surface area contributed by atoms with E-state index in [1.165, 1.54) is 5.56 Å². The highest BCUT2D eigenvalue weighted by Gasteiger charge is 1.98. The summed E-state index contributed by atoms with van der Waals surface area (Å²) in [7, 11) is 0. The average Bonchev–Trinajstić information content (AvgIpc) is 2.26. The van der Waals surface area contributed by atoms with E-state index in [1.807, 2.05) is 26.0 Å². The van der Waals surface area contributed by atoms with Gasteiger partial charge in [-0.1, -0.05) is 12.1 Å². The molecule has 16 heavy (non-hydrogen) atoms. The largest absolute Gasteiger partial charge is 0.491 e. The highest BCUT2D eigenvalue weighted by atomic mass is 16.5. The molecule has 0 heterocycles. The van der Waals surface area contributed by atoms with Crippen LogP contribution in [0.15, 0.2) is 24.3 Å². The smallest absolute Gasteiger partial charge is 0.119 e. The number of rotatable bonds is 7. The molecule has 0 aliphatic carbocycles. The summed E-state index contributed by atoms with van der Waals surface area (Å²) in [4.78, 5) is 0. The summed E-state index contributed by atoms with van der Waals surface area (Å²) in [5.41, 5.74) is 6.97. The molecule has 0 fully saturated rings. The zero-order valence-electron chi connectivity index (χ0n) is 10.1. The Hall–Kier alpha value is -1.06. The molecule has 0 aliphatic heterocycles. The van der Waals surface area contributed by atoms with E-state index in [2.05, 4.69) is 12.1 Å². The van der Waals surface area contributed by atoms with Gasteiger partial charge in [0.25, 0.3) is 0 Å². The zero-order valence-corrected chi connectivity index (χ0v) is 10.1. The Kier molecular flexibility index (Phi) is 5.90. The molecule has 0 amide bonds. The van der Waals surface area contributed by atoms with Gasteiger partial charge in [0.1, 0.15) is 12.4 Å². The third-order valence-corrected chi connectivity index (χ3v) is 2.18. The second-order valence-electron chi connectivity index (χ2n) is 3.87. The third-order valence-electron chi connectivity index (χ3n) is 2.18. The first-order chi connectivity index (χ1) is 7.72. The first-order valence-corrected chi connectivity index (χ1v) is 5.77. The van der Waals surface area contributed by atoms with Crippen LogP contribution in [0.1, 0.15) is 19.4 Å². The van der Waals surface area contributed by atoms with Gasteiger partial charge in [-0.05, 0) is 38.0 Å². The molecule has 2 N–H and O–H groups in total. The van der Waals surface area contributed by atoms with Gasteiger partial charge in [-0.3, -0.25) is 0 Å². The number of ether oxygens (including phenoxy) is 2. The third kappa shape index (κ3) is 5.14. The van der Waals surface area contributed by atoms with E-state index in [1.54, 1.807) is 0 Å². The van der Waals surface area contributed by atoms with Crippen LogP contribution in [0, 0.1) is 0 Å². The SMILES string of the molecule is CCOCCOc1ccc(CC(C)N)cc1. The molecule has 0 spiro atoms. The van der Waals surface area contributed by atoms with Crippen molar-refractivity contribution in [3.63, 3.8) is 0 Å². The quantitative estimate of drug-likeness (QED) is 0.719. The van der Waals surface area contributed by atoms with Crippen LogP contribution in [0.25, 0.3) is 0 Å². The Labute approximate surface area is 97.6 Å². The lowest BCUT2D eigenvalue weighted by Gasteiger charge is -2.08. The van der Waals surface area contributed by atoms with E-state index in [-0.39, 0.29) is 6.04 Å². The minimum atomic E-state index is 0.199. The minimum absolute atomic E-state index is 0.199. The summed E-state index contributed by atoms with van der Waals surface area (Å²) in [5, 5.41) is 0. The summed E-state index contributed by atoms with van der Waals surface area (Å²) in [6.07, 6.45) is 0.902. The molecule has 1 rings (SSSR count). The van der Waals surface area contributed by atoms with Crippen molar-refractivity contribution in [2.24, 2.45) is 5.73 Å². The number of hydrogen-bond acceptors (Lipinski definition) is 3. The van der Waals surface area contributed by atoms with Crippen molar-refractivity contribution in [2.45, 2.75) is 26.3 Å². The van der Waals surface area contributed by atoms with Gasteiger partial charge in [0, 0.05) is 12.6 Å². The van der Waals surface area contributed by atoms with Gasteiger partial charge < -0.3 is 15.2 Å². The van der Waals surface area contributed by atoms with Gasteiger partial charge in [-0.2, -0.15) is 0 Å². The molecular weight excluding hydrogens is 202 g/mol. The van der Waals surface area contributed by atoms with Crippen LogP contribution in [0.4, 0.5) is 0 Å². The molecule has 1 unspecified atom stereocenters. The molecule has 0 radical (unpaired) electrons. The Morgan fingerprint density at radius 3 is 2.44 bits per heavy atom. The molecule has 1 atom stereocenters. The van der Waals surface area contributed by atoms with Gasteiger partial charge >= 0.3 is 0 Å². The van der Waals surface area contributed by atoms with Crippen molar-refractivity contribution < 1.29 is 9.47 Å². The fourth-order valence-corrected chi connectivity index (χ4v) is 1.46. The molecule has 3 nitrogen and oxygen atoms in total. The van der Waals surface area contributed by atoms with Gasteiger partial charge in [0.05, 0.1) is 6.61 Å². The maximum absolute atomic E-state index is 5.73. The molecule has 0 bridgehead atoms. The highest BCUT2D eigenvalue weighted by molar-refractivity contribution is 5.27. The Bertz CT molecular complexity index is 282. The van der Waals surface area contributed by atoms with E-state index in [4.69, 9.17) is 15.2 Å². The summed E-state index contributed by atoms with van der Waals surface area (Å²) in [6.45, 7) is 5.95. The zero-order chi connectivity index (χ0) is 11.8. The van der Waals surface area contributed by atoms with Gasteiger partial charge in [-0.15, -0.1) is 0 Å². The Morgan fingerprint density at radius 1 is 1.19 bits per heavy atom. The van der Waals surface area contributed by atoms with Crippen molar-refractivity contribution in [3.8, 4) is 5.75 Å². The van der Waals surface area contributed by atoms with E-state index in [0.29, 0.717) is 13.2 Å². The molecule has 0 saturated carbocycles.